The second-order valence-corrected chi connectivity index (χ2v) is 12.2. The minimum Gasteiger partial charge on any atom is -0.462 e. The molecule has 1 aromatic heterocycles. The van der Waals surface area contributed by atoms with Crippen LogP contribution in [-0.2, 0) is 25.4 Å². The van der Waals surface area contributed by atoms with Gasteiger partial charge < -0.3 is 19.4 Å². The highest BCUT2D eigenvalue weighted by atomic mass is 35.5. The molecule has 38 heavy (non-hydrogen) atoms. The lowest BCUT2D eigenvalue weighted by Gasteiger charge is -2.33. The zero-order valence-electron chi connectivity index (χ0n) is 23.5. The second kappa shape index (κ2) is 10.3. The number of nitrogens with zero attached hydrogens (tertiary/aromatic N) is 2. The first-order valence-corrected chi connectivity index (χ1v) is 13.5. The van der Waals surface area contributed by atoms with E-state index in [1.54, 1.807) is 32.0 Å². The first-order chi connectivity index (χ1) is 17.6. The quantitative estimate of drug-likeness (QED) is 0.397. The molecule has 1 fully saturated rings. The van der Waals surface area contributed by atoms with E-state index in [9.17, 15) is 9.59 Å². The molecule has 9 nitrogen and oxygen atoms in total. The Bertz CT molecular complexity index is 1210. The van der Waals surface area contributed by atoms with E-state index in [4.69, 9.17) is 25.6 Å². The van der Waals surface area contributed by atoms with E-state index in [-0.39, 0.29) is 29.7 Å². The summed E-state index contributed by atoms with van der Waals surface area (Å²) in [6.07, 6.45) is 1.48. The summed E-state index contributed by atoms with van der Waals surface area (Å²) < 4.78 is 19.5. The maximum atomic E-state index is 13.2. The highest BCUT2D eigenvalue weighted by molar-refractivity contribution is 6.66. The largest absolute Gasteiger partial charge is 0.496 e. The smallest absolute Gasteiger partial charge is 0.462 e. The van der Waals surface area contributed by atoms with Crippen molar-refractivity contribution in [2.24, 2.45) is 0 Å². The van der Waals surface area contributed by atoms with E-state index in [1.165, 1.54) is 0 Å². The van der Waals surface area contributed by atoms with Gasteiger partial charge in [0.25, 0.3) is 5.91 Å². The minimum absolute atomic E-state index is 0.150. The summed E-state index contributed by atoms with van der Waals surface area (Å²) in [6.45, 7) is 15.8. The number of fused-ring (bicyclic) bond motifs is 1. The summed E-state index contributed by atoms with van der Waals surface area (Å²) >= 11 is 6.71. The van der Waals surface area contributed by atoms with Crippen molar-refractivity contribution in [1.29, 1.82) is 0 Å². The molecule has 1 atom stereocenters. The Kier molecular flexibility index (Phi) is 7.75. The normalized spacial score (nSPS) is 20.4. The molecule has 2 aliphatic rings. The Morgan fingerprint density at radius 3 is 2.50 bits per heavy atom. The van der Waals surface area contributed by atoms with E-state index >= 15 is 0 Å². The summed E-state index contributed by atoms with van der Waals surface area (Å²) in [5.74, 6) is -0.698. The van der Waals surface area contributed by atoms with Crippen molar-refractivity contribution in [3.63, 3.8) is 0 Å². The molecule has 0 bridgehead atoms. The fraction of sp³-hybridized carbons (Fsp3) is 0.593. The van der Waals surface area contributed by atoms with Crippen LogP contribution in [0.5, 0.6) is 0 Å². The molecule has 2 aromatic rings. The van der Waals surface area contributed by atoms with Crippen LogP contribution in [0.4, 0.5) is 5.69 Å². The summed E-state index contributed by atoms with van der Waals surface area (Å²) in [7, 11) is -0.651. The standard InChI is InChI=1S/C27H38BClN4O5/c1-16(2)36-24(35)25(3,4)31-18-13-10-14-33-21(18)15-20(32-33)23(34)30-19-12-9-11-17(22(19)29)28-37-26(5,6)27(7,8)38-28/h9,11-12,15-16,18,31H,10,13-14H2,1-8H3,(H,30,34)/t18-/m1/s1. The van der Waals surface area contributed by atoms with Gasteiger partial charge in [0.2, 0.25) is 0 Å². The lowest BCUT2D eigenvalue weighted by molar-refractivity contribution is -0.154. The maximum absolute atomic E-state index is 13.2. The molecule has 2 N–H and O–H groups in total. The molecule has 0 aliphatic carbocycles. The molecule has 0 saturated carbocycles. The maximum Gasteiger partial charge on any atom is 0.496 e. The van der Waals surface area contributed by atoms with Crippen LogP contribution in [0.25, 0.3) is 0 Å². The summed E-state index contributed by atoms with van der Waals surface area (Å²) in [4.78, 5) is 25.8. The number of ether oxygens (including phenoxy) is 1. The van der Waals surface area contributed by atoms with Crippen LogP contribution < -0.4 is 16.1 Å². The molecule has 2 aliphatic heterocycles. The number of aryl methyl sites for hydroxylation is 1. The van der Waals surface area contributed by atoms with Crippen molar-refractivity contribution in [3.05, 3.63) is 40.7 Å². The molecule has 0 spiro atoms. The van der Waals surface area contributed by atoms with Gasteiger partial charge in [-0.05, 0) is 80.4 Å². The summed E-state index contributed by atoms with van der Waals surface area (Å²) in [6, 6.07) is 6.99. The van der Waals surface area contributed by atoms with Gasteiger partial charge in [-0.3, -0.25) is 19.6 Å². The van der Waals surface area contributed by atoms with Crippen molar-refractivity contribution >= 4 is 41.7 Å². The van der Waals surface area contributed by atoms with Gasteiger partial charge in [-0.15, -0.1) is 0 Å². The lowest BCUT2D eigenvalue weighted by Crippen LogP contribution is -2.50. The molecule has 3 heterocycles. The van der Waals surface area contributed by atoms with Crippen LogP contribution in [0, 0.1) is 0 Å². The Labute approximate surface area is 230 Å². The minimum atomic E-state index is -0.898. The fourth-order valence-electron chi connectivity index (χ4n) is 4.58. The van der Waals surface area contributed by atoms with Gasteiger partial charge in [0, 0.05) is 12.0 Å². The molecule has 1 aromatic carbocycles. The third kappa shape index (κ3) is 5.64. The number of esters is 1. The van der Waals surface area contributed by atoms with Gasteiger partial charge in [0.1, 0.15) is 5.54 Å². The first-order valence-electron chi connectivity index (χ1n) is 13.1. The third-order valence-electron chi connectivity index (χ3n) is 7.44. The van der Waals surface area contributed by atoms with Gasteiger partial charge in [-0.2, -0.15) is 5.10 Å². The number of aromatic nitrogens is 2. The van der Waals surface area contributed by atoms with Crippen molar-refractivity contribution in [2.45, 2.75) is 104 Å². The Morgan fingerprint density at radius 1 is 1.21 bits per heavy atom. The molecule has 1 amide bonds. The van der Waals surface area contributed by atoms with E-state index in [0.29, 0.717) is 22.7 Å². The van der Waals surface area contributed by atoms with Gasteiger partial charge in [0.05, 0.1) is 39.8 Å². The van der Waals surface area contributed by atoms with Gasteiger partial charge in [0.15, 0.2) is 5.69 Å². The summed E-state index contributed by atoms with van der Waals surface area (Å²) in [5.41, 5.74) is 0.290. The number of halogens is 1. The van der Waals surface area contributed by atoms with Crippen LogP contribution in [0.15, 0.2) is 24.3 Å². The molecule has 206 valence electrons. The SMILES string of the molecule is CC(C)OC(=O)C(C)(C)N[C@@H]1CCCn2nc(C(=O)Nc3cccc(B4OC(C)(C)C(C)(C)O4)c3Cl)cc21. The predicted molar refractivity (Wildman–Crippen MR) is 148 cm³/mol. The van der Waals surface area contributed by atoms with Gasteiger partial charge in [-0.1, -0.05) is 23.7 Å². The van der Waals surface area contributed by atoms with Gasteiger partial charge >= 0.3 is 13.1 Å². The molecular formula is C27H38BClN4O5. The monoisotopic (exact) mass is 544 g/mol. The molecule has 11 heteroatoms. The second-order valence-electron chi connectivity index (χ2n) is 11.8. The Hall–Kier alpha value is -2.40. The number of hydrogen-bond donors (Lipinski definition) is 2. The van der Waals surface area contributed by atoms with Crippen LogP contribution in [0.1, 0.15) is 90.5 Å². The summed E-state index contributed by atoms with van der Waals surface area (Å²) in [5, 5.41) is 11.2. The van der Waals surface area contributed by atoms with Crippen LogP contribution in [-0.4, -0.2) is 51.6 Å². The number of benzene rings is 1. The van der Waals surface area contributed by atoms with Crippen molar-refractivity contribution < 1.29 is 23.6 Å². The third-order valence-corrected chi connectivity index (χ3v) is 7.86. The highest BCUT2D eigenvalue weighted by Crippen LogP contribution is 2.37. The molecular weight excluding hydrogens is 507 g/mol. The molecule has 1 saturated heterocycles. The lowest BCUT2D eigenvalue weighted by atomic mass is 9.79. The number of carbonyl (C=O) groups is 2. The van der Waals surface area contributed by atoms with E-state index in [1.807, 2.05) is 52.3 Å². The molecule has 0 radical (unpaired) electrons. The topological polar surface area (TPSA) is 104 Å². The Balaban J connectivity index is 1.51. The van der Waals surface area contributed by atoms with Gasteiger partial charge in [-0.25, -0.2) is 0 Å². The van der Waals surface area contributed by atoms with E-state index in [2.05, 4.69) is 15.7 Å². The Morgan fingerprint density at radius 2 is 1.87 bits per heavy atom. The molecule has 4 rings (SSSR count). The zero-order valence-corrected chi connectivity index (χ0v) is 24.2. The van der Waals surface area contributed by atoms with Crippen LogP contribution >= 0.6 is 11.6 Å². The highest BCUT2D eigenvalue weighted by Gasteiger charge is 2.52. The van der Waals surface area contributed by atoms with Crippen molar-refractivity contribution in [1.82, 2.24) is 15.1 Å². The number of rotatable bonds is 7. The van der Waals surface area contributed by atoms with E-state index in [0.717, 1.165) is 18.5 Å². The average molecular weight is 545 g/mol. The van der Waals surface area contributed by atoms with Crippen LogP contribution in [0.3, 0.4) is 0 Å². The predicted octanol–water partition coefficient (Wildman–Crippen LogP) is 4.24. The van der Waals surface area contributed by atoms with Crippen molar-refractivity contribution in [3.8, 4) is 0 Å². The van der Waals surface area contributed by atoms with Crippen LogP contribution in [0.2, 0.25) is 5.02 Å². The number of nitrogens with one attached hydrogen (secondary N) is 2. The zero-order chi connectivity index (χ0) is 28.0. The number of carbonyl (C=O) groups excluding carboxylic acids is 2. The fourth-order valence-corrected chi connectivity index (χ4v) is 4.84. The average Bonchev–Trinajstić information content (AvgIpc) is 3.33. The van der Waals surface area contributed by atoms with E-state index < -0.39 is 23.9 Å². The first kappa shape index (κ1) is 28.6. The number of amides is 1. The number of anilines is 1. The number of hydrogen-bond acceptors (Lipinski definition) is 7. The molecule has 0 unspecified atom stereocenters. The van der Waals surface area contributed by atoms with Crippen molar-refractivity contribution in [2.75, 3.05) is 5.32 Å².